The molecule has 0 saturated carbocycles. The minimum Gasteiger partial charge on any atom is -0.465 e. The summed E-state index contributed by atoms with van der Waals surface area (Å²) in [6, 6.07) is 0. The topological polar surface area (TPSA) is 29.5 Å². The molecule has 0 atom stereocenters. The number of carbonyl (C=O) groups is 1. The normalized spacial score (nSPS) is 18.0. The highest BCUT2D eigenvalue weighted by molar-refractivity contribution is 5.72. The molecular formula is C29H57NO2. The molecule has 1 aliphatic heterocycles. The highest BCUT2D eigenvalue weighted by Gasteiger charge is 2.42. The largest absolute Gasteiger partial charge is 0.465 e. The van der Waals surface area contributed by atoms with Gasteiger partial charge in [0.05, 0.1) is 13.2 Å². The average Bonchev–Trinajstić information content (AvgIpc) is 2.73. The Hall–Kier alpha value is -0.570. The van der Waals surface area contributed by atoms with Gasteiger partial charge in [0.15, 0.2) is 0 Å². The Balaban J connectivity index is 1.90. The number of hydrogen-bond donors (Lipinski definition) is 0. The molecule has 32 heavy (non-hydrogen) atoms. The minimum absolute atomic E-state index is 0.0472. The van der Waals surface area contributed by atoms with Crippen LogP contribution in [0.15, 0.2) is 0 Å². The van der Waals surface area contributed by atoms with Crippen LogP contribution in [-0.2, 0) is 9.53 Å². The lowest BCUT2D eigenvalue weighted by Crippen LogP contribution is -2.60. The molecule has 0 unspecified atom stereocenters. The summed E-state index contributed by atoms with van der Waals surface area (Å²) in [4.78, 5) is 14.7. The van der Waals surface area contributed by atoms with Crippen LogP contribution in [0.4, 0.5) is 0 Å². The van der Waals surface area contributed by atoms with Gasteiger partial charge in [-0.15, -0.1) is 0 Å². The highest BCUT2D eigenvalue weighted by atomic mass is 16.5. The van der Waals surface area contributed by atoms with E-state index in [1.807, 2.05) is 0 Å². The molecule has 0 bridgehead atoms. The number of rotatable bonds is 19. The van der Waals surface area contributed by atoms with E-state index in [4.69, 9.17) is 4.74 Å². The SMILES string of the molecule is CCCCCCCCCCCCCCCCCCOC(=O)CN1C(C)(C)CCCC1(C)C. The fourth-order valence-corrected chi connectivity index (χ4v) is 5.48. The second-order valence-electron chi connectivity index (χ2n) is 11.6. The Morgan fingerprint density at radius 3 is 1.44 bits per heavy atom. The van der Waals surface area contributed by atoms with Crippen molar-refractivity contribution in [2.24, 2.45) is 0 Å². The summed E-state index contributed by atoms with van der Waals surface area (Å²) in [6.45, 7) is 12.3. The lowest BCUT2D eigenvalue weighted by molar-refractivity contribution is -0.151. The van der Waals surface area contributed by atoms with Gasteiger partial charge in [-0.1, -0.05) is 103 Å². The standard InChI is InChI=1S/C29H57NO2/c1-6-7-8-9-10-11-12-13-14-15-16-17-18-19-20-21-25-32-27(31)26-30-28(2,3)23-22-24-29(30,4)5/h6-26H2,1-5H3. The van der Waals surface area contributed by atoms with Crippen LogP contribution < -0.4 is 0 Å². The van der Waals surface area contributed by atoms with Crippen LogP contribution in [0.5, 0.6) is 0 Å². The van der Waals surface area contributed by atoms with Crippen molar-refractivity contribution < 1.29 is 9.53 Å². The van der Waals surface area contributed by atoms with Gasteiger partial charge in [-0.05, 0) is 53.4 Å². The first kappa shape index (κ1) is 29.5. The van der Waals surface area contributed by atoms with Gasteiger partial charge in [-0.25, -0.2) is 0 Å². The number of likely N-dealkylation sites (tertiary alicyclic amines) is 1. The zero-order valence-corrected chi connectivity index (χ0v) is 22.6. The van der Waals surface area contributed by atoms with Crippen LogP contribution in [0.3, 0.4) is 0 Å². The van der Waals surface area contributed by atoms with E-state index in [0.29, 0.717) is 13.2 Å². The lowest BCUT2D eigenvalue weighted by atomic mass is 9.80. The Bertz CT molecular complexity index is 456. The van der Waals surface area contributed by atoms with Gasteiger partial charge in [0, 0.05) is 11.1 Å². The van der Waals surface area contributed by atoms with E-state index < -0.39 is 0 Å². The average molecular weight is 452 g/mol. The van der Waals surface area contributed by atoms with Crippen molar-refractivity contribution in [3.05, 3.63) is 0 Å². The molecule has 1 fully saturated rings. The molecule has 0 N–H and O–H groups in total. The molecule has 0 radical (unpaired) electrons. The van der Waals surface area contributed by atoms with Crippen molar-refractivity contribution in [2.75, 3.05) is 13.2 Å². The van der Waals surface area contributed by atoms with E-state index in [2.05, 4.69) is 39.5 Å². The molecule has 1 saturated heterocycles. The van der Waals surface area contributed by atoms with Crippen LogP contribution in [0.1, 0.15) is 157 Å². The Labute approximate surface area is 201 Å². The summed E-state index contributed by atoms with van der Waals surface area (Å²) < 4.78 is 5.57. The summed E-state index contributed by atoms with van der Waals surface area (Å²) in [7, 11) is 0. The molecule has 0 aromatic heterocycles. The molecule has 3 nitrogen and oxygen atoms in total. The molecule has 0 aromatic carbocycles. The Morgan fingerprint density at radius 1 is 0.656 bits per heavy atom. The number of nitrogens with zero attached hydrogens (tertiary/aromatic N) is 1. The van der Waals surface area contributed by atoms with Crippen molar-refractivity contribution in [3.8, 4) is 0 Å². The second kappa shape index (κ2) is 17.0. The summed E-state index contributed by atoms with van der Waals surface area (Å²) in [5.41, 5.74) is 0.157. The van der Waals surface area contributed by atoms with Crippen LogP contribution in [0.2, 0.25) is 0 Å². The zero-order valence-electron chi connectivity index (χ0n) is 22.6. The zero-order chi connectivity index (χ0) is 23.7. The summed E-state index contributed by atoms with van der Waals surface area (Å²) in [5, 5.41) is 0. The Kier molecular flexibility index (Phi) is 15.6. The van der Waals surface area contributed by atoms with E-state index in [9.17, 15) is 4.79 Å². The number of piperidine rings is 1. The second-order valence-corrected chi connectivity index (χ2v) is 11.6. The van der Waals surface area contributed by atoms with Crippen LogP contribution >= 0.6 is 0 Å². The first-order chi connectivity index (χ1) is 15.3. The van der Waals surface area contributed by atoms with Gasteiger partial charge in [0.2, 0.25) is 0 Å². The van der Waals surface area contributed by atoms with Crippen LogP contribution in [0, 0.1) is 0 Å². The predicted octanol–water partition coefficient (Wildman–Crippen LogP) is 8.83. The Morgan fingerprint density at radius 2 is 1.03 bits per heavy atom. The van der Waals surface area contributed by atoms with Crippen LogP contribution in [0.25, 0.3) is 0 Å². The first-order valence-corrected chi connectivity index (χ1v) is 14.2. The van der Waals surface area contributed by atoms with Gasteiger partial charge in [0.25, 0.3) is 0 Å². The molecular weight excluding hydrogens is 394 g/mol. The van der Waals surface area contributed by atoms with E-state index in [1.165, 1.54) is 103 Å². The number of esters is 1. The van der Waals surface area contributed by atoms with Crippen molar-refractivity contribution in [1.29, 1.82) is 0 Å². The third-order valence-electron chi connectivity index (χ3n) is 7.59. The van der Waals surface area contributed by atoms with E-state index >= 15 is 0 Å². The van der Waals surface area contributed by atoms with Gasteiger partial charge in [-0.3, -0.25) is 9.69 Å². The van der Waals surface area contributed by atoms with Gasteiger partial charge >= 0.3 is 5.97 Å². The minimum atomic E-state index is -0.0472. The smallest absolute Gasteiger partial charge is 0.320 e. The molecule has 3 heteroatoms. The fourth-order valence-electron chi connectivity index (χ4n) is 5.48. The van der Waals surface area contributed by atoms with E-state index in [-0.39, 0.29) is 17.0 Å². The third-order valence-corrected chi connectivity index (χ3v) is 7.59. The van der Waals surface area contributed by atoms with Gasteiger partial charge in [-0.2, -0.15) is 0 Å². The van der Waals surface area contributed by atoms with Crippen LogP contribution in [-0.4, -0.2) is 35.1 Å². The third kappa shape index (κ3) is 13.2. The number of ether oxygens (including phenoxy) is 1. The monoisotopic (exact) mass is 451 g/mol. The number of unbranched alkanes of at least 4 members (excludes halogenated alkanes) is 15. The maximum atomic E-state index is 12.4. The van der Waals surface area contributed by atoms with Gasteiger partial charge < -0.3 is 4.74 Å². The number of carbonyl (C=O) groups excluding carboxylic acids is 1. The molecule has 1 rings (SSSR count). The maximum absolute atomic E-state index is 12.4. The fraction of sp³-hybridized carbons (Fsp3) is 0.966. The predicted molar refractivity (Wildman–Crippen MR) is 139 cm³/mol. The van der Waals surface area contributed by atoms with E-state index in [0.717, 1.165) is 19.3 Å². The quantitative estimate of drug-likeness (QED) is 0.145. The first-order valence-electron chi connectivity index (χ1n) is 14.2. The lowest BCUT2D eigenvalue weighted by Gasteiger charge is -2.52. The molecule has 0 amide bonds. The summed E-state index contributed by atoms with van der Waals surface area (Å²) >= 11 is 0. The maximum Gasteiger partial charge on any atom is 0.320 e. The molecule has 0 spiro atoms. The van der Waals surface area contributed by atoms with Crippen molar-refractivity contribution in [1.82, 2.24) is 4.90 Å². The van der Waals surface area contributed by atoms with Crippen molar-refractivity contribution in [3.63, 3.8) is 0 Å². The van der Waals surface area contributed by atoms with Gasteiger partial charge in [0.1, 0.15) is 0 Å². The summed E-state index contributed by atoms with van der Waals surface area (Å²) in [5.74, 6) is -0.0472. The van der Waals surface area contributed by atoms with Crippen molar-refractivity contribution >= 4 is 5.97 Å². The molecule has 0 aliphatic carbocycles. The molecule has 1 heterocycles. The summed E-state index contributed by atoms with van der Waals surface area (Å²) in [6.07, 6.45) is 25.4. The molecule has 190 valence electrons. The number of hydrogen-bond acceptors (Lipinski definition) is 3. The molecule has 0 aromatic rings. The highest BCUT2D eigenvalue weighted by Crippen LogP contribution is 2.37. The van der Waals surface area contributed by atoms with E-state index in [1.54, 1.807) is 0 Å². The molecule has 1 aliphatic rings. The van der Waals surface area contributed by atoms with Crippen molar-refractivity contribution in [2.45, 2.75) is 168 Å².